The molecule has 0 amide bonds. The van der Waals surface area contributed by atoms with E-state index in [0.717, 1.165) is 12.1 Å². The average molecular weight is 291 g/mol. The van der Waals surface area contributed by atoms with E-state index in [1.807, 2.05) is 0 Å². The number of aromatic amines is 1. The number of nitrogens with two attached hydrogens (primary N) is 1. The fraction of sp³-hybridized carbons (Fsp3) is 0.154. The van der Waals surface area contributed by atoms with Crippen molar-refractivity contribution in [1.82, 2.24) is 19.5 Å². The van der Waals surface area contributed by atoms with Gasteiger partial charge in [0.25, 0.3) is 5.56 Å². The third kappa shape index (κ3) is 2.35. The number of rotatable bonds is 3. The zero-order valence-corrected chi connectivity index (χ0v) is 10.8. The van der Waals surface area contributed by atoms with E-state index in [2.05, 4.69) is 15.0 Å². The summed E-state index contributed by atoms with van der Waals surface area (Å²) in [5.41, 5.74) is 6.45. The van der Waals surface area contributed by atoms with E-state index in [-0.39, 0.29) is 29.2 Å². The molecule has 3 aromatic rings. The van der Waals surface area contributed by atoms with E-state index in [9.17, 15) is 13.6 Å². The van der Waals surface area contributed by atoms with Gasteiger partial charge in [0.2, 0.25) is 5.95 Å². The van der Waals surface area contributed by atoms with Crippen LogP contribution in [-0.2, 0) is 13.0 Å². The van der Waals surface area contributed by atoms with Gasteiger partial charge in [-0.15, -0.1) is 0 Å². The summed E-state index contributed by atoms with van der Waals surface area (Å²) in [5.74, 6) is -1.80. The summed E-state index contributed by atoms with van der Waals surface area (Å²) in [6.07, 6.45) is 1.68. The van der Waals surface area contributed by atoms with Crippen LogP contribution in [0.2, 0.25) is 0 Å². The number of hydrogen-bond acceptors (Lipinski definition) is 4. The van der Waals surface area contributed by atoms with Crippen LogP contribution in [0.15, 0.2) is 29.3 Å². The van der Waals surface area contributed by atoms with E-state index in [0.29, 0.717) is 12.0 Å². The number of nitrogens with one attached hydrogen (secondary N) is 1. The maximum Gasteiger partial charge on any atom is 0.280 e. The molecule has 0 bridgehead atoms. The number of benzene rings is 1. The predicted octanol–water partition coefficient (Wildman–Crippen LogP) is 1.22. The highest BCUT2D eigenvalue weighted by molar-refractivity contribution is 5.69. The molecule has 0 unspecified atom stereocenters. The van der Waals surface area contributed by atoms with Crippen LogP contribution >= 0.6 is 0 Å². The van der Waals surface area contributed by atoms with E-state index < -0.39 is 11.6 Å². The van der Waals surface area contributed by atoms with Gasteiger partial charge in [0.05, 0.1) is 6.33 Å². The average Bonchev–Trinajstić information content (AvgIpc) is 2.90. The molecule has 0 aliphatic rings. The minimum atomic E-state index is -0.921. The Hall–Kier alpha value is -2.77. The van der Waals surface area contributed by atoms with Gasteiger partial charge in [0.1, 0.15) is 0 Å². The molecule has 0 saturated heterocycles. The minimum Gasteiger partial charge on any atom is -0.369 e. The smallest absolute Gasteiger partial charge is 0.280 e. The van der Waals surface area contributed by atoms with Crippen LogP contribution in [0.3, 0.4) is 0 Å². The first kappa shape index (κ1) is 13.2. The highest BCUT2D eigenvalue weighted by atomic mass is 19.2. The number of fused-ring (bicyclic) bond motifs is 1. The topological polar surface area (TPSA) is 89.6 Å². The Labute approximate surface area is 117 Å². The SMILES string of the molecule is Nc1nc2nc[nH]c2c(=O)n1CCc1ccc(F)c(F)c1. The molecule has 0 atom stereocenters. The van der Waals surface area contributed by atoms with Crippen molar-refractivity contribution in [2.75, 3.05) is 5.73 Å². The van der Waals surface area contributed by atoms with Crippen molar-refractivity contribution in [3.05, 3.63) is 52.1 Å². The first-order valence-corrected chi connectivity index (χ1v) is 6.19. The largest absolute Gasteiger partial charge is 0.369 e. The van der Waals surface area contributed by atoms with Crippen LogP contribution in [0.4, 0.5) is 14.7 Å². The van der Waals surface area contributed by atoms with Crippen LogP contribution in [0.5, 0.6) is 0 Å². The van der Waals surface area contributed by atoms with Gasteiger partial charge >= 0.3 is 0 Å². The number of aromatic nitrogens is 4. The summed E-state index contributed by atoms with van der Waals surface area (Å²) >= 11 is 0. The Morgan fingerprint density at radius 3 is 2.86 bits per heavy atom. The number of halogens is 2. The second-order valence-electron chi connectivity index (χ2n) is 4.53. The number of aryl methyl sites for hydroxylation is 1. The first-order chi connectivity index (χ1) is 10.1. The van der Waals surface area contributed by atoms with Crippen molar-refractivity contribution in [3.8, 4) is 0 Å². The lowest BCUT2D eigenvalue weighted by Crippen LogP contribution is -2.25. The van der Waals surface area contributed by atoms with Gasteiger partial charge < -0.3 is 10.7 Å². The molecule has 0 saturated carbocycles. The number of nitrogens with zero attached hydrogens (tertiary/aromatic N) is 3. The van der Waals surface area contributed by atoms with Crippen molar-refractivity contribution >= 4 is 17.1 Å². The third-order valence-corrected chi connectivity index (χ3v) is 3.18. The number of hydrogen-bond donors (Lipinski definition) is 2. The summed E-state index contributed by atoms with van der Waals surface area (Å²) in [5, 5.41) is 0. The van der Waals surface area contributed by atoms with Gasteiger partial charge in [-0.2, -0.15) is 4.98 Å². The number of nitrogen functional groups attached to an aromatic ring is 1. The van der Waals surface area contributed by atoms with Crippen LogP contribution in [-0.4, -0.2) is 19.5 Å². The molecule has 0 spiro atoms. The van der Waals surface area contributed by atoms with E-state index in [1.54, 1.807) is 0 Å². The van der Waals surface area contributed by atoms with Crippen LogP contribution in [0, 0.1) is 11.6 Å². The molecule has 108 valence electrons. The first-order valence-electron chi connectivity index (χ1n) is 6.19. The molecule has 0 aliphatic heterocycles. The maximum absolute atomic E-state index is 13.1. The Morgan fingerprint density at radius 2 is 2.10 bits per heavy atom. The van der Waals surface area contributed by atoms with Crippen molar-refractivity contribution in [2.45, 2.75) is 13.0 Å². The molecule has 2 aromatic heterocycles. The van der Waals surface area contributed by atoms with Crippen molar-refractivity contribution < 1.29 is 8.78 Å². The molecular weight excluding hydrogens is 280 g/mol. The van der Waals surface area contributed by atoms with Crippen molar-refractivity contribution in [3.63, 3.8) is 0 Å². The van der Waals surface area contributed by atoms with Crippen molar-refractivity contribution in [1.29, 1.82) is 0 Å². The van der Waals surface area contributed by atoms with Gasteiger partial charge in [-0.05, 0) is 24.1 Å². The summed E-state index contributed by atoms with van der Waals surface area (Å²) in [7, 11) is 0. The van der Waals surface area contributed by atoms with Gasteiger partial charge in [0.15, 0.2) is 22.8 Å². The molecule has 0 fully saturated rings. The van der Waals surface area contributed by atoms with Gasteiger partial charge in [0, 0.05) is 6.54 Å². The molecule has 6 nitrogen and oxygen atoms in total. The standard InChI is InChI=1S/C13H11F2N5O/c14-8-2-1-7(5-9(8)15)3-4-20-12(21)10-11(18-6-17-10)19-13(20)16/h1-2,5-6H,3-4H2,(H2,16,19)(H,17,18). The lowest BCUT2D eigenvalue weighted by Gasteiger charge is -2.08. The lowest BCUT2D eigenvalue weighted by molar-refractivity contribution is 0.506. The highest BCUT2D eigenvalue weighted by Gasteiger charge is 2.11. The molecule has 8 heteroatoms. The van der Waals surface area contributed by atoms with Crippen LogP contribution < -0.4 is 11.3 Å². The van der Waals surface area contributed by atoms with Gasteiger partial charge in [-0.3, -0.25) is 9.36 Å². The highest BCUT2D eigenvalue weighted by Crippen LogP contribution is 2.11. The third-order valence-electron chi connectivity index (χ3n) is 3.18. The summed E-state index contributed by atoms with van der Waals surface area (Å²) in [6, 6.07) is 3.60. The van der Waals surface area contributed by atoms with E-state index >= 15 is 0 Å². The number of H-pyrrole nitrogens is 1. The summed E-state index contributed by atoms with van der Waals surface area (Å²) < 4.78 is 27.3. The normalized spacial score (nSPS) is 11.1. The molecule has 0 aliphatic carbocycles. The second-order valence-corrected chi connectivity index (χ2v) is 4.53. The Balaban J connectivity index is 1.91. The second kappa shape index (κ2) is 4.97. The van der Waals surface area contributed by atoms with Crippen molar-refractivity contribution in [2.24, 2.45) is 0 Å². The summed E-state index contributed by atoms with van der Waals surface area (Å²) in [4.78, 5) is 22.8. The molecule has 21 heavy (non-hydrogen) atoms. The lowest BCUT2D eigenvalue weighted by atomic mass is 10.1. The van der Waals surface area contributed by atoms with Crippen LogP contribution in [0.1, 0.15) is 5.56 Å². The fourth-order valence-electron chi connectivity index (χ4n) is 2.09. The molecule has 3 rings (SSSR count). The maximum atomic E-state index is 13.1. The predicted molar refractivity (Wildman–Crippen MR) is 72.6 cm³/mol. The molecule has 0 radical (unpaired) electrons. The fourth-order valence-corrected chi connectivity index (χ4v) is 2.09. The van der Waals surface area contributed by atoms with Gasteiger partial charge in [-0.1, -0.05) is 6.07 Å². The van der Waals surface area contributed by atoms with Gasteiger partial charge in [-0.25, -0.2) is 13.8 Å². The van der Waals surface area contributed by atoms with Crippen LogP contribution in [0.25, 0.3) is 11.2 Å². The van der Waals surface area contributed by atoms with E-state index in [4.69, 9.17) is 5.73 Å². The Morgan fingerprint density at radius 1 is 1.29 bits per heavy atom. The minimum absolute atomic E-state index is 0.0298. The Kier molecular flexibility index (Phi) is 3.13. The molecular formula is C13H11F2N5O. The molecule has 1 aromatic carbocycles. The molecule has 3 N–H and O–H groups in total. The monoisotopic (exact) mass is 291 g/mol. The number of anilines is 1. The zero-order chi connectivity index (χ0) is 15.0. The van der Waals surface area contributed by atoms with E-state index in [1.165, 1.54) is 17.0 Å². The zero-order valence-electron chi connectivity index (χ0n) is 10.8. The number of imidazole rings is 1. The Bertz CT molecular complexity index is 871. The summed E-state index contributed by atoms with van der Waals surface area (Å²) in [6.45, 7) is 0.206. The molecule has 2 heterocycles. The quantitative estimate of drug-likeness (QED) is 0.759.